The molecule has 0 saturated heterocycles. The van der Waals surface area contributed by atoms with Crippen molar-refractivity contribution in [2.75, 3.05) is 17.7 Å². The summed E-state index contributed by atoms with van der Waals surface area (Å²) in [5, 5.41) is 3.45. The Labute approximate surface area is 121 Å². The lowest BCUT2D eigenvalue weighted by molar-refractivity contribution is 0.306. The van der Waals surface area contributed by atoms with Gasteiger partial charge in [0.1, 0.15) is 12.0 Å². The lowest BCUT2D eigenvalue weighted by Crippen LogP contribution is -2.27. The highest BCUT2D eigenvalue weighted by atomic mass is 16.5. The van der Waals surface area contributed by atoms with Gasteiger partial charge in [0, 0.05) is 6.04 Å². The number of nitrogens with zero attached hydrogens (tertiary/aromatic N) is 2. The van der Waals surface area contributed by atoms with Crippen LogP contribution in [0.15, 0.2) is 6.33 Å². The number of nitrogens with one attached hydrogen (secondary N) is 1. The Morgan fingerprint density at radius 2 is 2.00 bits per heavy atom. The van der Waals surface area contributed by atoms with Gasteiger partial charge in [0.15, 0.2) is 5.82 Å². The van der Waals surface area contributed by atoms with Gasteiger partial charge in [-0.15, -0.1) is 0 Å². The maximum Gasteiger partial charge on any atom is 0.242 e. The van der Waals surface area contributed by atoms with Gasteiger partial charge in [-0.2, -0.15) is 4.98 Å². The van der Waals surface area contributed by atoms with Crippen molar-refractivity contribution >= 4 is 11.5 Å². The fraction of sp³-hybridized carbons (Fsp3) is 0.733. The summed E-state index contributed by atoms with van der Waals surface area (Å²) in [7, 11) is 0. The van der Waals surface area contributed by atoms with E-state index >= 15 is 0 Å². The number of ether oxygens (including phenoxy) is 1. The average Bonchev–Trinajstić information content (AvgIpc) is 2.49. The van der Waals surface area contributed by atoms with E-state index in [1.807, 2.05) is 0 Å². The molecule has 0 radical (unpaired) electrons. The number of nitrogens with two attached hydrogens (primary N) is 1. The highest BCUT2D eigenvalue weighted by Crippen LogP contribution is 2.31. The van der Waals surface area contributed by atoms with Crippen molar-refractivity contribution in [3.8, 4) is 5.88 Å². The first-order valence-electron chi connectivity index (χ1n) is 7.74. The van der Waals surface area contributed by atoms with Crippen LogP contribution in [0.1, 0.15) is 52.4 Å². The molecule has 1 fully saturated rings. The van der Waals surface area contributed by atoms with E-state index in [9.17, 15) is 0 Å². The van der Waals surface area contributed by atoms with Crippen molar-refractivity contribution in [2.45, 2.75) is 58.4 Å². The standard InChI is InChI=1S/C15H26N4O/c1-3-9-20-15-13(16)14(17-10-18-15)19-12-7-5-11(4-2)6-8-12/h10-12H,3-9,16H2,1-2H3,(H,17,18,19). The molecule has 1 aromatic heterocycles. The number of nitrogen functional groups attached to an aromatic ring is 1. The fourth-order valence-corrected chi connectivity index (χ4v) is 2.72. The summed E-state index contributed by atoms with van der Waals surface area (Å²) < 4.78 is 5.53. The van der Waals surface area contributed by atoms with Gasteiger partial charge >= 0.3 is 0 Å². The van der Waals surface area contributed by atoms with Crippen molar-refractivity contribution < 1.29 is 4.74 Å². The Morgan fingerprint density at radius 3 is 2.65 bits per heavy atom. The van der Waals surface area contributed by atoms with Crippen LogP contribution in [0.4, 0.5) is 11.5 Å². The van der Waals surface area contributed by atoms with Crippen molar-refractivity contribution in [2.24, 2.45) is 5.92 Å². The highest BCUT2D eigenvalue weighted by molar-refractivity contribution is 5.66. The molecule has 1 aliphatic rings. The Bertz CT molecular complexity index is 416. The van der Waals surface area contributed by atoms with Gasteiger partial charge in [-0.1, -0.05) is 20.3 Å². The second-order valence-corrected chi connectivity index (χ2v) is 5.56. The van der Waals surface area contributed by atoms with E-state index in [1.165, 1.54) is 38.4 Å². The minimum absolute atomic E-state index is 0.467. The Hall–Kier alpha value is -1.52. The topological polar surface area (TPSA) is 73.1 Å². The van der Waals surface area contributed by atoms with E-state index in [4.69, 9.17) is 10.5 Å². The number of hydrogen-bond acceptors (Lipinski definition) is 5. The van der Waals surface area contributed by atoms with E-state index in [0.29, 0.717) is 30.0 Å². The molecule has 0 atom stereocenters. The molecule has 5 heteroatoms. The summed E-state index contributed by atoms with van der Waals surface area (Å²) in [6.07, 6.45) is 8.70. The minimum atomic E-state index is 0.467. The predicted octanol–water partition coefficient (Wildman–Crippen LogP) is 3.23. The molecule has 1 aromatic rings. The molecular weight excluding hydrogens is 252 g/mol. The smallest absolute Gasteiger partial charge is 0.242 e. The molecule has 0 bridgehead atoms. The molecule has 0 amide bonds. The summed E-state index contributed by atoms with van der Waals surface area (Å²) in [5.74, 6) is 2.09. The second-order valence-electron chi connectivity index (χ2n) is 5.56. The third kappa shape index (κ3) is 3.74. The first-order valence-corrected chi connectivity index (χ1v) is 7.74. The molecule has 0 aromatic carbocycles. The zero-order chi connectivity index (χ0) is 14.4. The van der Waals surface area contributed by atoms with Crippen LogP contribution in [-0.4, -0.2) is 22.6 Å². The van der Waals surface area contributed by atoms with Crippen LogP contribution in [0.2, 0.25) is 0 Å². The van der Waals surface area contributed by atoms with Gasteiger partial charge in [-0.3, -0.25) is 0 Å². The van der Waals surface area contributed by atoms with Gasteiger partial charge in [0.05, 0.1) is 6.61 Å². The van der Waals surface area contributed by atoms with Gasteiger partial charge in [0.25, 0.3) is 0 Å². The molecule has 1 saturated carbocycles. The zero-order valence-electron chi connectivity index (χ0n) is 12.6. The number of aromatic nitrogens is 2. The summed E-state index contributed by atoms with van der Waals surface area (Å²) >= 11 is 0. The molecule has 0 unspecified atom stereocenters. The van der Waals surface area contributed by atoms with Gasteiger partial charge in [0.2, 0.25) is 5.88 Å². The largest absolute Gasteiger partial charge is 0.476 e. The molecular formula is C15H26N4O. The third-order valence-electron chi connectivity index (χ3n) is 4.06. The van der Waals surface area contributed by atoms with Crippen molar-refractivity contribution in [1.29, 1.82) is 0 Å². The van der Waals surface area contributed by atoms with Gasteiger partial charge < -0.3 is 15.8 Å². The summed E-state index contributed by atoms with van der Waals surface area (Å²) in [6.45, 7) is 4.96. The summed E-state index contributed by atoms with van der Waals surface area (Å²) in [5.41, 5.74) is 6.61. The molecule has 0 spiro atoms. The molecule has 0 aliphatic heterocycles. The maximum atomic E-state index is 6.08. The molecule has 5 nitrogen and oxygen atoms in total. The van der Waals surface area contributed by atoms with Crippen molar-refractivity contribution in [1.82, 2.24) is 9.97 Å². The van der Waals surface area contributed by atoms with E-state index in [2.05, 4.69) is 29.1 Å². The van der Waals surface area contributed by atoms with Crippen LogP contribution in [0.5, 0.6) is 5.88 Å². The van der Waals surface area contributed by atoms with E-state index < -0.39 is 0 Å². The Balaban J connectivity index is 1.95. The van der Waals surface area contributed by atoms with E-state index in [0.717, 1.165) is 12.3 Å². The van der Waals surface area contributed by atoms with Crippen molar-refractivity contribution in [3.63, 3.8) is 0 Å². The lowest BCUT2D eigenvalue weighted by atomic mass is 9.84. The molecule has 1 heterocycles. The SMILES string of the molecule is CCCOc1ncnc(NC2CCC(CC)CC2)c1N. The van der Waals surface area contributed by atoms with E-state index in [1.54, 1.807) is 0 Å². The first kappa shape index (κ1) is 14.9. The van der Waals surface area contributed by atoms with Crippen LogP contribution >= 0.6 is 0 Å². The molecule has 20 heavy (non-hydrogen) atoms. The molecule has 2 rings (SSSR count). The molecule has 1 aliphatic carbocycles. The predicted molar refractivity (Wildman–Crippen MR) is 81.9 cm³/mol. The van der Waals surface area contributed by atoms with Gasteiger partial charge in [-0.25, -0.2) is 4.98 Å². The maximum absolute atomic E-state index is 6.08. The van der Waals surface area contributed by atoms with E-state index in [-0.39, 0.29) is 0 Å². The normalized spacial score (nSPS) is 22.5. The highest BCUT2D eigenvalue weighted by Gasteiger charge is 2.21. The molecule has 112 valence electrons. The van der Waals surface area contributed by atoms with Crippen LogP contribution in [0.25, 0.3) is 0 Å². The summed E-state index contributed by atoms with van der Waals surface area (Å²) in [4.78, 5) is 8.35. The Morgan fingerprint density at radius 1 is 1.25 bits per heavy atom. The zero-order valence-corrected chi connectivity index (χ0v) is 12.6. The monoisotopic (exact) mass is 278 g/mol. The van der Waals surface area contributed by atoms with Crippen LogP contribution < -0.4 is 15.8 Å². The second kappa shape index (κ2) is 7.31. The average molecular weight is 278 g/mol. The quantitative estimate of drug-likeness (QED) is 0.835. The first-order chi connectivity index (χ1) is 9.74. The lowest BCUT2D eigenvalue weighted by Gasteiger charge is -2.29. The van der Waals surface area contributed by atoms with Crippen LogP contribution in [0, 0.1) is 5.92 Å². The van der Waals surface area contributed by atoms with Crippen molar-refractivity contribution in [3.05, 3.63) is 6.33 Å². The van der Waals surface area contributed by atoms with Crippen LogP contribution in [-0.2, 0) is 0 Å². The fourth-order valence-electron chi connectivity index (χ4n) is 2.72. The Kier molecular flexibility index (Phi) is 5.44. The number of rotatable bonds is 6. The number of hydrogen-bond donors (Lipinski definition) is 2. The number of anilines is 2. The van der Waals surface area contributed by atoms with Crippen LogP contribution in [0.3, 0.4) is 0 Å². The minimum Gasteiger partial charge on any atom is -0.476 e. The molecule has 3 N–H and O–H groups in total. The van der Waals surface area contributed by atoms with Gasteiger partial charge in [-0.05, 0) is 38.0 Å². The third-order valence-corrected chi connectivity index (χ3v) is 4.06. The summed E-state index contributed by atoms with van der Waals surface area (Å²) in [6, 6.07) is 0.467.